The summed E-state index contributed by atoms with van der Waals surface area (Å²) in [7, 11) is 0. The fourth-order valence-electron chi connectivity index (χ4n) is 1.58. The first-order valence-corrected chi connectivity index (χ1v) is 7.09. The Kier molecular flexibility index (Phi) is 7.69. The SMILES string of the molecule is O=C(CNC1CC1)NCCc1ccc(F)cc1.O=C(O)C(=O)O. The van der Waals surface area contributed by atoms with Crippen molar-refractivity contribution in [1.82, 2.24) is 10.6 Å². The van der Waals surface area contributed by atoms with Crippen molar-refractivity contribution in [3.63, 3.8) is 0 Å². The summed E-state index contributed by atoms with van der Waals surface area (Å²) >= 11 is 0. The van der Waals surface area contributed by atoms with Crippen molar-refractivity contribution in [1.29, 1.82) is 0 Å². The molecular weight excluding hydrogens is 307 g/mol. The van der Waals surface area contributed by atoms with E-state index in [-0.39, 0.29) is 11.7 Å². The number of carboxylic acids is 2. The maximum Gasteiger partial charge on any atom is 0.414 e. The number of nitrogens with one attached hydrogen (secondary N) is 2. The number of carboxylic acid groups (broad SMARTS) is 2. The lowest BCUT2D eigenvalue weighted by molar-refractivity contribution is -0.159. The Morgan fingerprint density at radius 3 is 2.13 bits per heavy atom. The van der Waals surface area contributed by atoms with Gasteiger partial charge in [-0.3, -0.25) is 4.79 Å². The Balaban J connectivity index is 0.000000379. The predicted molar refractivity (Wildman–Crippen MR) is 79.4 cm³/mol. The van der Waals surface area contributed by atoms with E-state index in [2.05, 4.69) is 10.6 Å². The smallest absolute Gasteiger partial charge is 0.414 e. The zero-order chi connectivity index (χ0) is 17.2. The summed E-state index contributed by atoms with van der Waals surface area (Å²) in [6.07, 6.45) is 3.10. The van der Waals surface area contributed by atoms with Crippen LogP contribution in [0.3, 0.4) is 0 Å². The maximum absolute atomic E-state index is 12.6. The molecule has 0 aromatic heterocycles. The monoisotopic (exact) mass is 326 g/mol. The van der Waals surface area contributed by atoms with Gasteiger partial charge in [0, 0.05) is 12.6 Å². The van der Waals surface area contributed by atoms with Gasteiger partial charge < -0.3 is 20.8 Å². The van der Waals surface area contributed by atoms with Crippen LogP contribution < -0.4 is 10.6 Å². The third kappa shape index (κ3) is 9.20. The van der Waals surface area contributed by atoms with Crippen LogP contribution in [0.25, 0.3) is 0 Å². The van der Waals surface area contributed by atoms with Crippen LogP contribution >= 0.6 is 0 Å². The molecule has 4 N–H and O–H groups in total. The third-order valence-corrected chi connectivity index (χ3v) is 2.96. The second kappa shape index (κ2) is 9.52. The predicted octanol–water partition coefficient (Wildman–Crippen LogP) is 0.392. The van der Waals surface area contributed by atoms with Crippen LogP contribution in [0.15, 0.2) is 24.3 Å². The normalized spacial score (nSPS) is 12.7. The number of rotatable bonds is 6. The van der Waals surface area contributed by atoms with Gasteiger partial charge in [0.1, 0.15) is 5.82 Å². The molecule has 1 fully saturated rings. The summed E-state index contributed by atoms with van der Waals surface area (Å²) in [5.41, 5.74) is 1.03. The molecule has 126 valence electrons. The average molecular weight is 326 g/mol. The molecule has 1 aromatic rings. The lowest BCUT2D eigenvalue weighted by Gasteiger charge is -2.06. The van der Waals surface area contributed by atoms with Crippen molar-refractivity contribution in [3.05, 3.63) is 35.6 Å². The Labute approximate surface area is 132 Å². The molecule has 0 aliphatic heterocycles. The Morgan fingerprint density at radius 2 is 1.65 bits per heavy atom. The highest BCUT2D eigenvalue weighted by Crippen LogP contribution is 2.17. The molecular formula is C15H19FN2O5. The number of amides is 1. The molecule has 0 saturated heterocycles. The third-order valence-electron chi connectivity index (χ3n) is 2.96. The molecule has 0 unspecified atom stereocenters. The first kappa shape index (κ1) is 18.6. The van der Waals surface area contributed by atoms with Crippen LogP contribution in [-0.2, 0) is 20.8 Å². The van der Waals surface area contributed by atoms with Crippen LogP contribution in [0.1, 0.15) is 18.4 Å². The van der Waals surface area contributed by atoms with E-state index < -0.39 is 11.9 Å². The molecule has 1 amide bonds. The molecule has 23 heavy (non-hydrogen) atoms. The minimum atomic E-state index is -1.82. The van der Waals surface area contributed by atoms with E-state index >= 15 is 0 Å². The van der Waals surface area contributed by atoms with E-state index in [9.17, 15) is 9.18 Å². The van der Waals surface area contributed by atoms with Gasteiger partial charge in [0.25, 0.3) is 0 Å². The van der Waals surface area contributed by atoms with Crippen molar-refractivity contribution in [2.45, 2.75) is 25.3 Å². The highest BCUT2D eigenvalue weighted by atomic mass is 19.1. The van der Waals surface area contributed by atoms with Crippen molar-refractivity contribution in [2.24, 2.45) is 0 Å². The van der Waals surface area contributed by atoms with Crippen LogP contribution in [0.2, 0.25) is 0 Å². The summed E-state index contributed by atoms with van der Waals surface area (Å²) in [5.74, 6) is -3.85. The van der Waals surface area contributed by atoms with Crippen molar-refractivity contribution in [2.75, 3.05) is 13.1 Å². The zero-order valence-electron chi connectivity index (χ0n) is 12.4. The standard InChI is InChI=1S/C13H17FN2O.C2H2O4/c14-11-3-1-10(2-4-11)7-8-15-13(17)9-16-12-5-6-12;3-1(4)2(5)6/h1-4,12,16H,5-9H2,(H,15,17);(H,3,4)(H,5,6). The molecule has 0 atom stereocenters. The van der Waals surface area contributed by atoms with Crippen LogP contribution in [-0.4, -0.2) is 47.2 Å². The van der Waals surface area contributed by atoms with Gasteiger partial charge in [0.05, 0.1) is 6.54 Å². The maximum atomic E-state index is 12.6. The molecule has 0 bridgehead atoms. The number of aliphatic carboxylic acids is 2. The summed E-state index contributed by atoms with van der Waals surface area (Å²) in [4.78, 5) is 29.6. The van der Waals surface area contributed by atoms with Gasteiger partial charge in [-0.2, -0.15) is 0 Å². The highest BCUT2D eigenvalue weighted by molar-refractivity contribution is 6.27. The summed E-state index contributed by atoms with van der Waals surface area (Å²) < 4.78 is 12.6. The van der Waals surface area contributed by atoms with Crippen LogP contribution in [0.5, 0.6) is 0 Å². The van der Waals surface area contributed by atoms with Gasteiger partial charge in [-0.15, -0.1) is 0 Å². The number of hydrogen-bond acceptors (Lipinski definition) is 4. The zero-order valence-corrected chi connectivity index (χ0v) is 12.4. The molecule has 0 spiro atoms. The minimum Gasteiger partial charge on any atom is -0.473 e. The van der Waals surface area contributed by atoms with Crippen LogP contribution in [0, 0.1) is 5.82 Å². The molecule has 0 heterocycles. The van der Waals surface area contributed by atoms with Crippen molar-refractivity contribution < 1.29 is 29.0 Å². The number of carbonyl (C=O) groups excluding carboxylic acids is 1. The van der Waals surface area contributed by atoms with Gasteiger partial charge in [-0.05, 0) is 37.0 Å². The molecule has 0 radical (unpaired) electrons. The number of hydrogen-bond donors (Lipinski definition) is 4. The van der Waals surface area contributed by atoms with E-state index in [0.29, 0.717) is 19.1 Å². The van der Waals surface area contributed by atoms with E-state index in [1.165, 1.54) is 25.0 Å². The summed E-state index contributed by atoms with van der Waals surface area (Å²) in [5, 5.41) is 20.8. The van der Waals surface area contributed by atoms with E-state index in [1.54, 1.807) is 12.1 Å². The molecule has 1 saturated carbocycles. The lowest BCUT2D eigenvalue weighted by Crippen LogP contribution is -2.35. The van der Waals surface area contributed by atoms with Gasteiger partial charge in [0.15, 0.2) is 0 Å². The fraction of sp³-hybridized carbons (Fsp3) is 0.400. The molecule has 1 aliphatic rings. The largest absolute Gasteiger partial charge is 0.473 e. The van der Waals surface area contributed by atoms with Crippen molar-refractivity contribution >= 4 is 17.8 Å². The molecule has 8 heteroatoms. The number of benzene rings is 1. The van der Waals surface area contributed by atoms with Gasteiger partial charge in [0.2, 0.25) is 5.91 Å². The first-order valence-electron chi connectivity index (χ1n) is 7.09. The van der Waals surface area contributed by atoms with Gasteiger partial charge in [-0.25, -0.2) is 14.0 Å². The fourth-order valence-corrected chi connectivity index (χ4v) is 1.58. The Morgan fingerprint density at radius 1 is 1.09 bits per heavy atom. The van der Waals surface area contributed by atoms with Crippen molar-refractivity contribution in [3.8, 4) is 0 Å². The number of carbonyl (C=O) groups is 3. The molecule has 1 aromatic carbocycles. The summed E-state index contributed by atoms with van der Waals surface area (Å²) in [6.45, 7) is 0.991. The molecule has 7 nitrogen and oxygen atoms in total. The average Bonchev–Trinajstić information content (AvgIpc) is 3.32. The highest BCUT2D eigenvalue weighted by Gasteiger charge is 2.20. The molecule has 1 aliphatic carbocycles. The van der Waals surface area contributed by atoms with E-state index in [0.717, 1.165) is 12.0 Å². The topological polar surface area (TPSA) is 116 Å². The first-order chi connectivity index (χ1) is 10.9. The Hall–Kier alpha value is -2.48. The molecule has 2 rings (SSSR count). The van der Waals surface area contributed by atoms with Crippen LogP contribution in [0.4, 0.5) is 4.39 Å². The van der Waals surface area contributed by atoms with E-state index in [1.807, 2.05) is 0 Å². The number of halogens is 1. The lowest BCUT2D eigenvalue weighted by atomic mass is 10.1. The van der Waals surface area contributed by atoms with Gasteiger partial charge in [-0.1, -0.05) is 12.1 Å². The van der Waals surface area contributed by atoms with E-state index in [4.69, 9.17) is 19.8 Å². The second-order valence-corrected chi connectivity index (χ2v) is 4.99. The minimum absolute atomic E-state index is 0.0269. The quantitative estimate of drug-likeness (QED) is 0.562. The Bertz CT molecular complexity index is 531. The second-order valence-electron chi connectivity index (χ2n) is 4.99. The summed E-state index contributed by atoms with van der Waals surface area (Å²) in [6, 6.07) is 6.91. The van der Waals surface area contributed by atoms with Gasteiger partial charge >= 0.3 is 11.9 Å².